The molecule has 0 aliphatic carbocycles. The van der Waals surface area contributed by atoms with E-state index < -0.39 is 28.0 Å². The van der Waals surface area contributed by atoms with Gasteiger partial charge in [0.15, 0.2) is 0 Å². The molecule has 226 valence electrons. The maximum Gasteiger partial charge on any atom is 0.266 e. The van der Waals surface area contributed by atoms with E-state index in [-0.39, 0.29) is 5.91 Å². The third-order valence-corrected chi connectivity index (χ3v) is 8.00. The number of nitrogens with one attached hydrogen (secondary N) is 1. The second kappa shape index (κ2) is 26.3. The van der Waals surface area contributed by atoms with Crippen molar-refractivity contribution < 1.29 is 22.9 Å². The molecule has 0 heterocycles. The summed E-state index contributed by atoms with van der Waals surface area (Å²) in [4.78, 5) is 12.4. The molecular weight excluding hydrogens is 498 g/mol. The lowest BCUT2D eigenvalue weighted by Crippen LogP contribution is -2.47. The molecule has 0 bridgehead atoms. The zero-order chi connectivity index (χ0) is 28.3. The first kappa shape index (κ1) is 37.1. The van der Waals surface area contributed by atoms with Crippen LogP contribution in [0.2, 0.25) is 0 Å². The number of carbonyl (C=O) groups excluding carboxylic acids is 1. The molecule has 1 amide bonds. The Morgan fingerprint density at radius 1 is 0.684 bits per heavy atom. The molecule has 0 spiro atoms. The van der Waals surface area contributed by atoms with Crippen LogP contribution in [0.3, 0.4) is 0 Å². The van der Waals surface area contributed by atoms with Gasteiger partial charge in [-0.15, -0.1) is 0 Å². The van der Waals surface area contributed by atoms with E-state index >= 15 is 0 Å². The normalized spacial score (nSPS) is 13.7. The number of rotatable bonds is 28. The highest BCUT2D eigenvalue weighted by Crippen LogP contribution is 2.14. The van der Waals surface area contributed by atoms with E-state index in [4.69, 9.17) is 0 Å². The monoisotopic (exact) mass is 559 g/mol. The third kappa shape index (κ3) is 26.7. The molecule has 3 N–H and O–H groups in total. The Hall–Kier alpha value is -0.920. The van der Waals surface area contributed by atoms with Gasteiger partial charge in [0.25, 0.3) is 10.1 Å². The average Bonchev–Trinajstić information content (AvgIpc) is 2.86. The first-order valence-corrected chi connectivity index (χ1v) is 17.5. The molecule has 0 aromatic carbocycles. The van der Waals surface area contributed by atoms with Crippen molar-refractivity contribution in [2.45, 2.75) is 174 Å². The van der Waals surface area contributed by atoms with Gasteiger partial charge in [0.2, 0.25) is 5.91 Å². The predicted molar refractivity (Wildman–Crippen MR) is 161 cm³/mol. The SMILES string of the molecule is CCCCCC/C=C\CCCCCCCC(=O)NC(CS(=O)(=O)O)C(O)CCCCCCCCCCCC. The van der Waals surface area contributed by atoms with Gasteiger partial charge < -0.3 is 10.4 Å². The molecular formula is C31H61NO5S. The number of hydrogen-bond donors (Lipinski definition) is 3. The van der Waals surface area contributed by atoms with Crippen molar-refractivity contribution in [3.05, 3.63) is 12.2 Å². The highest BCUT2D eigenvalue weighted by molar-refractivity contribution is 7.85. The molecule has 0 fully saturated rings. The van der Waals surface area contributed by atoms with Gasteiger partial charge in [-0.1, -0.05) is 129 Å². The van der Waals surface area contributed by atoms with Crippen LogP contribution in [0.4, 0.5) is 0 Å². The van der Waals surface area contributed by atoms with Gasteiger partial charge in [0.1, 0.15) is 0 Å². The summed E-state index contributed by atoms with van der Waals surface area (Å²) in [6, 6.07) is -0.968. The van der Waals surface area contributed by atoms with E-state index in [2.05, 4.69) is 31.3 Å². The standard InChI is InChI=1S/C31H61NO5S/c1-3-5-7-9-11-13-15-16-17-19-21-23-25-27-31(34)32-29(28-38(35,36)37)30(33)26-24-22-20-18-14-12-10-8-6-4-2/h13,15,29-30,33H,3-12,14,16-28H2,1-2H3,(H,32,34)(H,35,36,37)/b15-13-. The number of aliphatic hydroxyl groups is 1. The van der Waals surface area contributed by atoms with E-state index in [0.717, 1.165) is 51.4 Å². The van der Waals surface area contributed by atoms with Crippen LogP contribution in [0.1, 0.15) is 162 Å². The Bertz CT molecular complexity index is 665. The number of carbonyl (C=O) groups is 1. The summed E-state index contributed by atoms with van der Waals surface area (Å²) in [7, 11) is -4.30. The molecule has 0 saturated heterocycles. The van der Waals surface area contributed by atoms with Crippen molar-refractivity contribution in [3.8, 4) is 0 Å². The molecule has 0 radical (unpaired) electrons. The molecule has 2 unspecified atom stereocenters. The summed E-state index contributed by atoms with van der Waals surface area (Å²) < 4.78 is 32.2. The Morgan fingerprint density at radius 2 is 1.11 bits per heavy atom. The summed E-state index contributed by atoms with van der Waals surface area (Å²) in [5.41, 5.74) is 0. The minimum atomic E-state index is -4.30. The quantitative estimate of drug-likeness (QED) is 0.0508. The Kier molecular flexibility index (Phi) is 25.7. The van der Waals surface area contributed by atoms with E-state index in [1.807, 2.05) is 0 Å². The van der Waals surface area contributed by atoms with Crippen LogP contribution in [0.15, 0.2) is 12.2 Å². The minimum absolute atomic E-state index is 0.258. The number of amides is 1. The minimum Gasteiger partial charge on any atom is -0.391 e. The number of aliphatic hydroxyl groups excluding tert-OH is 1. The van der Waals surface area contributed by atoms with Crippen LogP contribution in [0.25, 0.3) is 0 Å². The maximum absolute atomic E-state index is 12.4. The molecule has 38 heavy (non-hydrogen) atoms. The fraction of sp³-hybridized carbons (Fsp3) is 0.903. The molecule has 0 aliphatic rings. The van der Waals surface area contributed by atoms with Gasteiger partial charge in [-0.05, 0) is 38.5 Å². The van der Waals surface area contributed by atoms with Crippen LogP contribution >= 0.6 is 0 Å². The second-order valence-electron chi connectivity index (χ2n) is 11.1. The lowest BCUT2D eigenvalue weighted by Gasteiger charge is -2.23. The largest absolute Gasteiger partial charge is 0.391 e. The fourth-order valence-corrected chi connectivity index (χ4v) is 5.56. The fourth-order valence-electron chi connectivity index (χ4n) is 4.80. The van der Waals surface area contributed by atoms with Crippen LogP contribution in [-0.2, 0) is 14.9 Å². The van der Waals surface area contributed by atoms with E-state index in [0.29, 0.717) is 12.8 Å². The lowest BCUT2D eigenvalue weighted by atomic mass is 10.0. The van der Waals surface area contributed by atoms with Crippen molar-refractivity contribution >= 4 is 16.0 Å². The lowest BCUT2D eigenvalue weighted by molar-refractivity contribution is -0.122. The van der Waals surface area contributed by atoms with Crippen LogP contribution in [-0.4, -0.2) is 41.9 Å². The molecule has 6 nitrogen and oxygen atoms in total. The molecule has 0 aromatic rings. The van der Waals surface area contributed by atoms with Gasteiger partial charge in [-0.2, -0.15) is 8.42 Å². The van der Waals surface area contributed by atoms with Gasteiger partial charge in [0.05, 0.1) is 17.9 Å². The summed E-state index contributed by atoms with van der Waals surface area (Å²) in [6.07, 6.45) is 28.7. The average molecular weight is 560 g/mol. The van der Waals surface area contributed by atoms with Crippen molar-refractivity contribution in [2.24, 2.45) is 0 Å². The first-order valence-electron chi connectivity index (χ1n) is 15.9. The summed E-state index contributed by atoms with van der Waals surface area (Å²) in [5.74, 6) is -0.907. The molecule has 0 aromatic heterocycles. The van der Waals surface area contributed by atoms with Crippen LogP contribution in [0, 0.1) is 0 Å². The van der Waals surface area contributed by atoms with E-state index in [1.54, 1.807) is 0 Å². The summed E-state index contributed by atoms with van der Waals surface area (Å²) in [5, 5.41) is 13.2. The number of hydrogen-bond acceptors (Lipinski definition) is 4. The highest BCUT2D eigenvalue weighted by Gasteiger charge is 2.26. The van der Waals surface area contributed by atoms with Gasteiger partial charge in [-0.3, -0.25) is 9.35 Å². The van der Waals surface area contributed by atoms with Gasteiger partial charge in [-0.25, -0.2) is 0 Å². The van der Waals surface area contributed by atoms with E-state index in [9.17, 15) is 22.9 Å². The Morgan fingerprint density at radius 3 is 1.61 bits per heavy atom. The number of allylic oxidation sites excluding steroid dienone is 2. The van der Waals surface area contributed by atoms with Crippen molar-refractivity contribution in [3.63, 3.8) is 0 Å². The Labute approximate surface area is 235 Å². The summed E-state index contributed by atoms with van der Waals surface area (Å²) in [6.45, 7) is 4.45. The highest BCUT2D eigenvalue weighted by atomic mass is 32.2. The summed E-state index contributed by atoms with van der Waals surface area (Å²) >= 11 is 0. The van der Waals surface area contributed by atoms with Crippen molar-refractivity contribution in [1.82, 2.24) is 5.32 Å². The number of unbranched alkanes of at least 4 members (excludes halogenated alkanes) is 18. The van der Waals surface area contributed by atoms with Crippen LogP contribution in [0.5, 0.6) is 0 Å². The van der Waals surface area contributed by atoms with Gasteiger partial charge in [0, 0.05) is 6.42 Å². The Balaban J connectivity index is 4.01. The zero-order valence-electron chi connectivity index (χ0n) is 24.8. The third-order valence-electron chi connectivity index (χ3n) is 7.22. The van der Waals surface area contributed by atoms with Crippen molar-refractivity contribution in [1.29, 1.82) is 0 Å². The van der Waals surface area contributed by atoms with Gasteiger partial charge >= 0.3 is 0 Å². The molecule has 7 heteroatoms. The van der Waals surface area contributed by atoms with Crippen molar-refractivity contribution in [2.75, 3.05) is 5.75 Å². The van der Waals surface area contributed by atoms with E-state index in [1.165, 1.54) is 83.5 Å². The maximum atomic E-state index is 12.4. The smallest absolute Gasteiger partial charge is 0.266 e. The first-order chi connectivity index (χ1) is 18.3. The topological polar surface area (TPSA) is 104 Å². The molecule has 2 atom stereocenters. The zero-order valence-corrected chi connectivity index (χ0v) is 25.6. The second-order valence-corrected chi connectivity index (χ2v) is 12.6. The molecule has 0 rings (SSSR count). The molecule has 0 saturated carbocycles. The predicted octanol–water partition coefficient (Wildman–Crippen LogP) is 8.29. The molecule has 0 aliphatic heterocycles. The van der Waals surface area contributed by atoms with Crippen LogP contribution < -0.4 is 5.32 Å².